The van der Waals surface area contributed by atoms with Crippen molar-refractivity contribution in [3.8, 4) is 17.1 Å². The molecule has 8 heteroatoms. The van der Waals surface area contributed by atoms with E-state index in [-0.39, 0.29) is 23.4 Å². The van der Waals surface area contributed by atoms with E-state index in [0.29, 0.717) is 29.6 Å². The first-order valence-corrected chi connectivity index (χ1v) is 9.29. The molecule has 2 amide bonds. The van der Waals surface area contributed by atoms with Gasteiger partial charge in [0.05, 0.1) is 12.0 Å². The molecule has 146 valence electrons. The standard InChI is InChI=1S/C20H21ClN4O3/c1-13(2)19(26)22-9-10-23-20(27)16-12-17(18-4-3-11-28-18)25(24-16)15-7-5-14(21)6-8-15/h3-8,11-13H,9-10H2,1-2H3,(H,22,26)(H,23,27). The zero-order valence-electron chi connectivity index (χ0n) is 15.6. The van der Waals surface area contributed by atoms with E-state index in [1.165, 1.54) is 0 Å². The number of hydrogen-bond donors (Lipinski definition) is 2. The second-order valence-corrected chi connectivity index (χ2v) is 6.92. The highest BCUT2D eigenvalue weighted by molar-refractivity contribution is 6.30. The van der Waals surface area contributed by atoms with Crippen molar-refractivity contribution in [3.05, 3.63) is 59.4 Å². The molecule has 0 fully saturated rings. The minimum absolute atomic E-state index is 0.0543. The SMILES string of the molecule is CC(C)C(=O)NCCNC(=O)c1cc(-c2ccco2)n(-c2ccc(Cl)cc2)n1. The molecular weight excluding hydrogens is 380 g/mol. The van der Waals surface area contributed by atoms with E-state index >= 15 is 0 Å². The minimum atomic E-state index is -0.334. The number of nitrogens with one attached hydrogen (secondary N) is 2. The Balaban J connectivity index is 1.76. The molecule has 0 saturated heterocycles. The van der Waals surface area contributed by atoms with Gasteiger partial charge in [0.25, 0.3) is 5.91 Å². The summed E-state index contributed by atoms with van der Waals surface area (Å²) in [5.74, 6) is 0.105. The highest BCUT2D eigenvalue weighted by Gasteiger charge is 2.18. The van der Waals surface area contributed by atoms with Gasteiger partial charge < -0.3 is 15.1 Å². The second-order valence-electron chi connectivity index (χ2n) is 6.48. The van der Waals surface area contributed by atoms with Crippen LogP contribution in [0.3, 0.4) is 0 Å². The van der Waals surface area contributed by atoms with Crippen molar-refractivity contribution in [1.82, 2.24) is 20.4 Å². The van der Waals surface area contributed by atoms with Crippen molar-refractivity contribution in [2.45, 2.75) is 13.8 Å². The lowest BCUT2D eigenvalue weighted by molar-refractivity contribution is -0.123. The van der Waals surface area contributed by atoms with Crippen molar-refractivity contribution in [1.29, 1.82) is 0 Å². The average Bonchev–Trinajstić information content (AvgIpc) is 3.34. The van der Waals surface area contributed by atoms with Gasteiger partial charge in [-0.25, -0.2) is 4.68 Å². The van der Waals surface area contributed by atoms with Gasteiger partial charge in [-0.05, 0) is 36.4 Å². The minimum Gasteiger partial charge on any atom is -0.463 e. The molecule has 0 bridgehead atoms. The number of rotatable bonds is 7. The maximum absolute atomic E-state index is 12.5. The number of carbonyl (C=O) groups is 2. The molecule has 0 radical (unpaired) electrons. The molecule has 0 aliphatic rings. The van der Waals surface area contributed by atoms with Crippen LogP contribution in [0.25, 0.3) is 17.1 Å². The Kier molecular flexibility index (Phi) is 6.16. The van der Waals surface area contributed by atoms with Crippen LogP contribution in [0.4, 0.5) is 0 Å². The molecular formula is C20H21ClN4O3. The van der Waals surface area contributed by atoms with Crippen molar-refractivity contribution in [2.75, 3.05) is 13.1 Å². The van der Waals surface area contributed by atoms with E-state index in [1.54, 1.807) is 41.3 Å². The fourth-order valence-corrected chi connectivity index (χ4v) is 2.65. The van der Waals surface area contributed by atoms with Crippen molar-refractivity contribution < 1.29 is 14.0 Å². The third-order valence-electron chi connectivity index (χ3n) is 4.02. The smallest absolute Gasteiger partial charge is 0.271 e. The topological polar surface area (TPSA) is 89.2 Å². The van der Waals surface area contributed by atoms with Crippen LogP contribution in [0, 0.1) is 5.92 Å². The highest BCUT2D eigenvalue weighted by Crippen LogP contribution is 2.25. The van der Waals surface area contributed by atoms with Gasteiger partial charge in [0, 0.05) is 30.1 Å². The van der Waals surface area contributed by atoms with Crippen LogP contribution in [0.1, 0.15) is 24.3 Å². The molecule has 0 aliphatic heterocycles. The number of hydrogen-bond acceptors (Lipinski definition) is 4. The molecule has 0 unspecified atom stereocenters. The largest absolute Gasteiger partial charge is 0.463 e. The van der Waals surface area contributed by atoms with E-state index < -0.39 is 0 Å². The van der Waals surface area contributed by atoms with E-state index in [1.807, 2.05) is 26.0 Å². The maximum atomic E-state index is 12.5. The Morgan fingerprint density at radius 2 is 1.86 bits per heavy atom. The summed E-state index contributed by atoms with van der Waals surface area (Å²) in [4.78, 5) is 24.1. The molecule has 0 aliphatic carbocycles. The van der Waals surface area contributed by atoms with Crippen molar-refractivity contribution in [3.63, 3.8) is 0 Å². The fraction of sp³-hybridized carbons (Fsp3) is 0.250. The van der Waals surface area contributed by atoms with Gasteiger partial charge in [0.1, 0.15) is 5.69 Å². The first-order valence-electron chi connectivity index (χ1n) is 8.91. The fourth-order valence-electron chi connectivity index (χ4n) is 2.53. The molecule has 0 atom stereocenters. The van der Waals surface area contributed by atoms with Gasteiger partial charge in [-0.1, -0.05) is 25.4 Å². The lowest BCUT2D eigenvalue weighted by Crippen LogP contribution is -2.36. The lowest BCUT2D eigenvalue weighted by Gasteiger charge is -2.08. The van der Waals surface area contributed by atoms with Crippen molar-refractivity contribution in [2.24, 2.45) is 5.92 Å². The number of furan rings is 1. The van der Waals surface area contributed by atoms with E-state index in [9.17, 15) is 9.59 Å². The summed E-state index contributed by atoms with van der Waals surface area (Å²) in [5, 5.41) is 10.5. The van der Waals surface area contributed by atoms with E-state index in [0.717, 1.165) is 5.69 Å². The molecule has 3 rings (SSSR count). The summed E-state index contributed by atoms with van der Waals surface area (Å²) in [6.07, 6.45) is 1.56. The molecule has 0 saturated carbocycles. The van der Waals surface area contributed by atoms with Crippen LogP contribution in [0.2, 0.25) is 5.02 Å². The maximum Gasteiger partial charge on any atom is 0.271 e. The van der Waals surface area contributed by atoms with Gasteiger partial charge in [0.15, 0.2) is 11.5 Å². The second kappa shape index (κ2) is 8.75. The number of benzene rings is 1. The Morgan fingerprint density at radius 1 is 1.14 bits per heavy atom. The lowest BCUT2D eigenvalue weighted by atomic mass is 10.2. The van der Waals surface area contributed by atoms with Crippen LogP contribution in [0.5, 0.6) is 0 Å². The van der Waals surface area contributed by atoms with E-state index in [4.69, 9.17) is 16.0 Å². The monoisotopic (exact) mass is 400 g/mol. The quantitative estimate of drug-likeness (QED) is 0.595. The molecule has 2 heterocycles. The summed E-state index contributed by atoms with van der Waals surface area (Å²) in [6.45, 7) is 4.29. The van der Waals surface area contributed by atoms with E-state index in [2.05, 4.69) is 15.7 Å². The van der Waals surface area contributed by atoms with Gasteiger partial charge >= 0.3 is 0 Å². The zero-order chi connectivity index (χ0) is 20.1. The first kappa shape index (κ1) is 19.7. The summed E-state index contributed by atoms with van der Waals surface area (Å²) in [5.41, 5.74) is 1.64. The predicted octanol–water partition coefficient (Wildman–Crippen LogP) is 3.29. The van der Waals surface area contributed by atoms with Crippen LogP contribution in [-0.4, -0.2) is 34.7 Å². The molecule has 3 aromatic rings. The molecule has 1 aromatic carbocycles. The summed E-state index contributed by atoms with van der Waals surface area (Å²) in [6, 6.07) is 12.4. The van der Waals surface area contributed by atoms with Gasteiger partial charge in [-0.2, -0.15) is 5.10 Å². The Bertz CT molecular complexity index is 947. The number of carbonyl (C=O) groups excluding carboxylic acids is 2. The molecule has 0 spiro atoms. The van der Waals surface area contributed by atoms with Gasteiger partial charge in [-0.3, -0.25) is 9.59 Å². The van der Waals surface area contributed by atoms with Gasteiger partial charge in [0.2, 0.25) is 5.91 Å². The van der Waals surface area contributed by atoms with Crippen molar-refractivity contribution >= 4 is 23.4 Å². The Labute approximate surface area is 167 Å². The normalized spacial score (nSPS) is 10.9. The number of nitrogens with zero attached hydrogens (tertiary/aromatic N) is 2. The van der Waals surface area contributed by atoms with Gasteiger partial charge in [-0.15, -0.1) is 0 Å². The molecule has 7 nitrogen and oxygen atoms in total. The number of amides is 2. The van der Waals surface area contributed by atoms with Crippen LogP contribution in [0.15, 0.2) is 53.1 Å². The predicted molar refractivity (Wildman–Crippen MR) is 106 cm³/mol. The summed E-state index contributed by atoms with van der Waals surface area (Å²) in [7, 11) is 0. The van der Waals surface area contributed by atoms with Crippen LogP contribution >= 0.6 is 11.6 Å². The number of halogens is 1. The molecule has 2 N–H and O–H groups in total. The number of aromatic nitrogens is 2. The molecule has 2 aromatic heterocycles. The Hall–Kier alpha value is -3.06. The molecule has 28 heavy (non-hydrogen) atoms. The average molecular weight is 401 g/mol. The van der Waals surface area contributed by atoms with Crippen LogP contribution in [-0.2, 0) is 4.79 Å². The summed E-state index contributed by atoms with van der Waals surface area (Å²) < 4.78 is 7.11. The third-order valence-corrected chi connectivity index (χ3v) is 4.27. The van der Waals surface area contributed by atoms with Crippen LogP contribution < -0.4 is 10.6 Å². The third kappa shape index (κ3) is 4.61. The first-order chi connectivity index (χ1) is 13.5. The summed E-state index contributed by atoms with van der Waals surface area (Å²) >= 11 is 5.96. The Morgan fingerprint density at radius 3 is 2.50 bits per heavy atom. The highest BCUT2D eigenvalue weighted by atomic mass is 35.5. The zero-order valence-corrected chi connectivity index (χ0v) is 16.4.